The number of nitrogens with zero attached hydrogens (tertiary/aromatic N) is 4. The van der Waals surface area contributed by atoms with Crippen LogP contribution in [0.3, 0.4) is 0 Å². The maximum absolute atomic E-state index is 13.2. The largest absolute Gasteiger partial charge is 0.485 e. The second kappa shape index (κ2) is 8.78. The normalized spacial score (nSPS) is 19.5. The first kappa shape index (κ1) is 21.3. The van der Waals surface area contributed by atoms with Crippen LogP contribution in [0.5, 0.6) is 11.5 Å². The van der Waals surface area contributed by atoms with Crippen LogP contribution >= 0.6 is 11.8 Å². The lowest BCUT2D eigenvalue weighted by Gasteiger charge is -2.27. The van der Waals surface area contributed by atoms with E-state index in [1.807, 2.05) is 61.0 Å². The first-order valence-corrected chi connectivity index (χ1v) is 11.6. The van der Waals surface area contributed by atoms with E-state index >= 15 is 0 Å². The number of amides is 2. The van der Waals surface area contributed by atoms with Crippen molar-refractivity contribution in [3.63, 3.8) is 0 Å². The molecule has 0 bridgehead atoms. The van der Waals surface area contributed by atoms with Crippen molar-refractivity contribution >= 4 is 35.0 Å². The quantitative estimate of drug-likeness (QED) is 0.591. The zero-order valence-electron chi connectivity index (χ0n) is 18.2. The van der Waals surface area contributed by atoms with Crippen LogP contribution in [-0.2, 0) is 16.6 Å². The summed E-state index contributed by atoms with van der Waals surface area (Å²) in [5, 5.41) is 12.0. The number of thioether (sulfide) groups is 1. The maximum atomic E-state index is 13.2. The molecule has 3 heterocycles. The third-order valence-electron chi connectivity index (χ3n) is 5.62. The second-order valence-corrected chi connectivity index (χ2v) is 8.88. The smallest absolute Gasteiger partial charge is 0.237 e. The summed E-state index contributed by atoms with van der Waals surface area (Å²) in [6.07, 6.45) is -0.156. The van der Waals surface area contributed by atoms with Crippen LogP contribution in [0, 0.1) is 0 Å². The van der Waals surface area contributed by atoms with E-state index in [1.54, 1.807) is 11.0 Å². The van der Waals surface area contributed by atoms with Gasteiger partial charge in [0.15, 0.2) is 28.6 Å². The highest BCUT2D eigenvalue weighted by Crippen LogP contribution is 2.36. The number of carbonyl (C=O) groups is 2. The Hall–Kier alpha value is -3.53. The van der Waals surface area contributed by atoms with Crippen LogP contribution in [0.15, 0.2) is 53.7 Å². The summed E-state index contributed by atoms with van der Waals surface area (Å²) in [6.45, 7) is 2.21. The summed E-state index contributed by atoms with van der Waals surface area (Å²) < 4.78 is 13.7. The van der Waals surface area contributed by atoms with Gasteiger partial charge in [-0.3, -0.25) is 9.59 Å². The molecule has 2 amide bonds. The van der Waals surface area contributed by atoms with Gasteiger partial charge in [-0.15, -0.1) is 10.2 Å². The number of para-hydroxylation sites is 4. The van der Waals surface area contributed by atoms with Gasteiger partial charge in [-0.05, 0) is 31.2 Å². The summed E-state index contributed by atoms with van der Waals surface area (Å²) in [5.41, 5.74) is 1.34. The average molecular weight is 466 g/mol. The fraction of sp³-hybridized carbons (Fsp3) is 0.304. The molecular formula is C23H23N5O4S. The van der Waals surface area contributed by atoms with E-state index in [0.717, 1.165) is 0 Å². The van der Waals surface area contributed by atoms with Gasteiger partial charge in [-0.2, -0.15) is 0 Å². The Labute approximate surface area is 195 Å². The molecule has 2 unspecified atom stereocenters. The lowest BCUT2D eigenvalue weighted by atomic mass is 10.2. The number of hydrogen-bond donors (Lipinski definition) is 1. The molecular weight excluding hydrogens is 442 g/mol. The van der Waals surface area contributed by atoms with Crippen molar-refractivity contribution in [2.24, 2.45) is 7.05 Å². The summed E-state index contributed by atoms with van der Waals surface area (Å²) >= 11 is 1.30. The van der Waals surface area contributed by atoms with Gasteiger partial charge in [0.25, 0.3) is 0 Å². The molecule has 170 valence electrons. The third-order valence-corrected chi connectivity index (χ3v) is 6.62. The number of aromatic nitrogens is 3. The highest BCUT2D eigenvalue weighted by atomic mass is 32.2. The summed E-state index contributed by atoms with van der Waals surface area (Å²) in [6, 6.07) is 14.6. The van der Waals surface area contributed by atoms with E-state index in [0.29, 0.717) is 40.5 Å². The molecule has 2 aliphatic rings. The van der Waals surface area contributed by atoms with E-state index in [4.69, 9.17) is 9.47 Å². The lowest BCUT2D eigenvalue weighted by Crippen LogP contribution is -2.40. The molecule has 0 radical (unpaired) electrons. The highest BCUT2D eigenvalue weighted by molar-refractivity contribution is 7.99. The number of anilines is 2. The molecule has 10 heteroatoms. The number of rotatable bonds is 4. The van der Waals surface area contributed by atoms with E-state index in [1.165, 1.54) is 11.8 Å². The Morgan fingerprint density at radius 1 is 1.15 bits per heavy atom. The predicted octanol–water partition coefficient (Wildman–Crippen LogP) is 3.18. The zero-order valence-corrected chi connectivity index (χ0v) is 19.0. The van der Waals surface area contributed by atoms with Crippen molar-refractivity contribution in [3.05, 3.63) is 54.4 Å². The molecule has 0 fully saturated rings. The number of hydrogen-bond acceptors (Lipinski definition) is 7. The molecule has 2 atom stereocenters. The number of carbonyl (C=O) groups excluding carboxylic acids is 2. The van der Waals surface area contributed by atoms with Crippen molar-refractivity contribution in [2.45, 2.75) is 30.6 Å². The van der Waals surface area contributed by atoms with Crippen LogP contribution in [0.25, 0.3) is 0 Å². The van der Waals surface area contributed by atoms with Gasteiger partial charge < -0.3 is 24.3 Å². The van der Waals surface area contributed by atoms with Gasteiger partial charge in [0, 0.05) is 19.5 Å². The van der Waals surface area contributed by atoms with E-state index in [9.17, 15) is 9.59 Å². The van der Waals surface area contributed by atoms with Crippen LogP contribution in [0.4, 0.5) is 11.4 Å². The van der Waals surface area contributed by atoms with Crippen molar-refractivity contribution in [1.82, 2.24) is 14.8 Å². The van der Waals surface area contributed by atoms with E-state index in [-0.39, 0.29) is 30.0 Å². The lowest BCUT2D eigenvalue weighted by molar-refractivity contribution is -0.117. The fourth-order valence-electron chi connectivity index (χ4n) is 4.04. The molecule has 0 saturated carbocycles. The van der Waals surface area contributed by atoms with Gasteiger partial charge in [-0.1, -0.05) is 36.0 Å². The van der Waals surface area contributed by atoms with Gasteiger partial charge in [0.05, 0.1) is 17.1 Å². The SMILES string of the molecule is CC1CC(=O)Nc2ccccc2N1C(=O)CSc1nnc(C2COc3ccccc3O2)n1C. The molecule has 0 saturated heterocycles. The Morgan fingerprint density at radius 2 is 1.91 bits per heavy atom. The molecule has 0 aliphatic carbocycles. The van der Waals surface area contributed by atoms with Crippen molar-refractivity contribution in [1.29, 1.82) is 0 Å². The molecule has 0 spiro atoms. The Bertz CT molecular complexity index is 1210. The highest BCUT2D eigenvalue weighted by Gasteiger charge is 2.31. The van der Waals surface area contributed by atoms with Crippen LogP contribution < -0.4 is 19.7 Å². The molecule has 5 rings (SSSR count). The first-order chi connectivity index (χ1) is 16.0. The Balaban J connectivity index is 1.30. The monoisotopic (exact) mass is 465 g/mol. The summed E-state index contributed by atoms with van der Waals surface area (Å²) in [5.74, 6) is 1.94. The number of benzene rings is 2. The van der Waals surface area contributed by atoms with Gasteiger partial charge >= 0.3 is 0 Å². The maximum Gasteiger partial charge on any atom is 0.237 e. The molecule has 2 aromatic carbocycles. The summed E-state index contributed by atoms with van der Waals surface area (Å²) in [7, 11) is 1.85. The summed E-state index contributed by atoms with van der Waals surface area (Å²) in [4.78, 5) is 27.1. The van der Waals surface area contributed by atoms with Gasteiger partial charge in [0.2, 0.25) is 11.8 Å². The number of ether oxygens (including phenoxy) is 2. The van der Waals surface area contributed by atoms with E-state index in [2.05, 4.69) is 15.5 Å². The molecule has 1 aromatic heterocycles. The first-order valence-electron chi connectivity index (χ1n) is 10.6. The molecule has 2 aliphatic heterocycles. The number of nitrogens with one attached hydrogen (secondary N) is 1. The predicted molar refractivity (Wildman–Crippen MR) is 124 cm³/mol. The average Bonchev–Trinajstić information content (AvgIpc) is 3.12. The topological polar surface area (TPSA) is 98.6 Å². The molecule has 3 aromatic rings. The minimum atomic E-state index is -0.392. The van der Waals surface area contributed by atoms with Crippen LogP contribution in [-0.4, -0.2) is 45.0 Å². The Kier molecular flexibility index (Phi) is 5.67. The minimum absolute atomic E-state index is 0.104. The molecule has 1 N–H and O–H groups in total. The van der Waals surface area contributed by atoms with Crippen molar-refractivity contribution in [3.8, 4) is 11.5 Å². The minimum Gasteiger partial charge on any atom is -0.485 e. The van der Waals surface area contributed by atoms with Gasteiger partial charge in [0.1, 0.15) is 6.61 Å². The van der Waals surface area contributed by atoms with Crippen LogP contribution in [0.1, 0.15) is 25.3 Å². The van der Waals surface area contributed by atoms with Crippen LogP contribution in [0.2, 0.25) is 0 Å². The molecule has 33 heavy (non-hydrogen) atoms. The number of fused-ring (bicyclic) bond motifs is 2. The van der Waals surface area contributed by atoms with Crippen molar-refractivity contribution in [2.75, 3.05) is 22.6 Å². The van der Waals surface area contributed by atoms with Crippen molar-refractivity contribution < 1.29 is 19.1 Å². The second-order valence-electron chi connectivity index (χ2n) is 7.93. The third kappa shape index (κ3) is 4.13. The zero-order chi connectivity index (χ0) is 22.9. The fourth-order valence-corrected chi connectivity index (χ4v) is 4.82. The molecule has 9 nitrogen and oxygen atoms in total. The van der Waals surface area contributed by atoms with E-state index < -0.39 is 6.10 Å². The Morgan fingerprint density at radius 3 is 2.76 bits per heavy atom. The standard InChI is InChI=1S/C23H23N5O4S/c1-14-11-20(29)24-15-7-3-4-8-16(15)28(14)21(30)13-33-23-26-25-22(27(23)2)19-12-31-17-9-5-6-10-18(17)32-19/h3-10,14,19H,11-13H2,1-2H3,(H,24,29). The van der Waals surface area contributed by atoms with Gasteiger partial charge in [-0.25, -0.2) is 0 Å².